The number of allylic oxidation sites excluding steroid dienone is 2. The number of hydrogen-bond acceptors (Lipinski definition) is 1. The fourth-order valence-electron chi connectivity index (χ4n) is 1.66. The summed E-state index contributed by atoms with van der Waals surface area (Å²) in [5, 5.41) is 10.0. The van der Waals surface area contributed by atoms with Crippen molar-refractivity contribution in [2.75, 3.05) is 0 Å². The Morgan fingerprint density at radius 1 is 1.07 bits per heavy atom. The molecule has 0 aliphatic heterocycles. The predicted octanol–water partition coefficient (Wildman–Crippen LogP) is 3.00. The first-order valence-corrected chi connectivity index (χ1v) is 4.97. The first-order valence-electron chi connectivity index (χ1n) is 4.97. The number of rotatable bonds is 2. The van der Waals surface area contributed by atoms with E-state index in [1.54, 1.807) is 0 Å². The first-order chi connectivity index (χ1) is 6.88. The zero-order valence-corrected chi connectivity index (χ0v) is 8.06. The maximum atomic E-state index is 10.0. The van der Waals surface area contributed by atoms with Crippen molar-refractivity contribution < 1.29 is 5.11 Å². The number of aliphatic hydroxyl groups is 1. The molecule has 1 aliphatic rings. The lowest BCUT2D eigenvalue weighted by Gasteiger charge is -2.14. The van der Waals surface area contributed by atoms with Crippen molar-refractivity contribution in [2.45, 2.75) is 18.9 Å². The minimum atomic E-state index is -0.465. The fourth-order valence-corrected chi connectivity index (χ4v) is 1.66. The van der Waals surface area contributed by atoms with Crippen LogP contribution < -0.4 is 0 Å². The highest BCUT2D eigenvalue weighted by atomic mass is 16.3. The van der Waals surface area contributed by atoms with Gasteiger partial charge in [-0.2, -0.15) is 0 Å². The minimum absolute atomic E-state index is 0.465. The van der Waals surface area contributed by atoms with Crippen LogP contribution in [0.2, 0.25) is 0 Å². The molecule has 14 heavy (non-hydrogen) atoms. The predicted molar refractivity (Wildman–Crippen MR) is 57.9 cm³/mol. The van der Waals surface area contributed by atoms with Crippen molar-refractivity contribution in [3.05, 3.63) is 59.7 Å². The molecular formula is C13H14O. The van der Waals surface area contributed by atoms with E-state index < -0.39 is 6.10 Å². The molecule has 72 valence electrons. The van der Waals surface area contributed by atoms with Crippen LogP contribution >= 0.6 is 0 Å². The van der Waals surface area contributed by atoms with Crippen molar-refractivity contribution in [1.29, 1.82) is 0 Å². The average Bonchev–Trinajstić information content (AvgIpc) is 2.30. The van der Waals surface area contributed by atoms with Crippen LogP contribution in [0.4, 0.5) is 0 Å². The first kappa shape index (κ1) is 9.22. The minimum Gasteiger partial charge on any atom is -0.384 e. The van der Waals surface area contributed by atoms with Gasteiger partial charge in [-0.25, -0.2) is 0 Å². The van der Waals surface area contributed by atoms with E-state index in [4.69, 9.17) is 0 Å². The van der Waals surface area contributed by atoms with Crippen molar-refractivity contribution in [3.63, 3.8) is 0 Å². The Morgan fingerprint density at radius 3 is 2.50 bits per heavy atom. The van der Waals surface area contributed by atoms with E-state index in [0.717, 1.165) is 24.0 Å². The molecule has 1 unspecified atom stereocenters. The maximum absolute atomic E-state index is 10.0. The normalized spacial score (nSPS) is 17.6. The Balaban J connectivity index is 2.20. The lowest BCUT2D eigenvalue weighted by Crippen LogP contribution is -2.01. The zero-order valence-electron chi connectivity index (χ0n) is 8.06. The summed E-state index contributed by atoms with van der Waals surface area (Å²) >= 11 is 0. The van der Waals surface area contributed by atoms with Crippen LogP contribution in [0.3, 0.4) is 0 Å². The summed E-state index contributed by atoms with van der Waals surface area (Å²) in [6.45, 7) is 0. The van der Waals surface area contributed by atoms with Gasteiger partial charge in [0, 0.05) is 0 Å². The maximum Gasteiger partial charge on any atom is 0.104 e. The van der Waals surface area contributed by atoms with Gasteiger partial charge in [0.05, 0.1) is 0 Å². The van der Waals surface area contributed by atoms with Crippen molar-refractivity contribution >= 4 is 0 Å². The van der Waals surface area contributed by atoms with E-state index in [0.29, 0.717) is 0 Å². The van der Waals surface area contributed by atoms with Gasteiger partial charge < -0.3 is 5.11 Å². The molecule has 1 nitrogen and oxygen atoms in total. The molecule has 1 N–H and O–H groups in total. The summed E-state index contributed by atoms with van der Waals surface area (Å²) in [6.07, 6.45) is 7.90. The third kappa shape index (κ3) is 1.94. The summed E-state index contributed by atoms with van der Waals surface area (Å²) in [5.74, 6) is 0. The summed E-state index contributed by atoms with van der Waals surface area (Å²) in [5.41, 5.74) is 1.98. The van der Waals surface area contributed by atoms with Gasteiger partial charge in [0.1, 0.15) is 6.10 Å². The second-order valence-electron chi connectivity index (χ2n) is 3.50. The Kier molecular flexibility index (Phi) is 2.80. The summed E-state index contributed by atoms with van der Waals surface area (Å²) in [7, 11) is 0. The van der Waals surface area contributed by atoms with Gasteiger partial charge in [-0.05, 0) is 24.0 Å². The molecule has 0 heterocycles. The third-order valence-electron chi connectivity index (χ3n) is 2.45. The topological polar surface area (TPSA) is 20.2 Å². The molecule has 2 rings (SSSR count). The molecule has 1 aromatic carbocycles. The Hall–Kier alpha value is -1.34. The van der Waals surface area contributed by atoms with Crippen molar-refractivity contribution in [1.82, 2.24) is 0 Å². The van der Waals surface area contributed by atoms with Gasteiger partial charge >= 0.3 is 0 Å². The van der Waals surface area contributed by atoms with Crippen LogP contribution in [0.1, 0.15) is 24.5 Å². The smallest absolute Gasteiger partial charge is 0.104 e. The Labute approximate surface area is 84.4 Å². The lowest BCUT2D eigenvalue weighted by atomic mass is 9.97. The van der Waals surface area contributed by atoms with Crippen LogP contribution in [0.5, 0.6) is 0 Å². The second kappa shape index (κ2) is 4.25. The second-order valence-corrected chi connectivity index (χ2v) is 3.50. The Bertz CT molecular complexity index is 349. The summed E-state index contributed by atoms with van der Waals surface area (Å²) in [4.78, 5) is 0. The average molecular weight is 186 g/mol. The van der Waals surface area contributed by atoms with Crippen LogP contribution in [-0.2, 0) is 0 Å². The van der Waals surface area contributed by atoms with Gasteiger partial charge in [0.2, 0.25) is 0 Å². The molecule has 1 heteroatoms. The van der Waals surface area contributed by atoms with Gasteiger partial charge in [0.15, 0.2) is 0 Å². The van der Waals surface area contributed by atoms with Crippen molar-refractivity contribution in [3.8, 4) is 0 Å². The molecular weight excluding hydrogens is 172 g/mol. The molecule has 0 bridgehead atoms. The van der Waals surface area contributed by atoms with E-state index in [1.807, 2.05) is 36.4 Å². The van der Waals surface area contributed by atoms with E-state index >= 15 is 0 Å². The van der Waals surface area contributed by atoms with E-state index in [9.17, 15) is 5.11 Å². The highest BCUT2D eigenvalue weighted by molar-refractivity contribution is 5.33. The summed E-state index contributed by atoms with van der Waals surface area (Å²) in [6, 6.07) is 9.76. The van der Waals surface area contributed by atoms with E-state index in [2.05, 4.69) is 12.2 Å². The highest BCUT2D eigenvalue weighted by Crippen LogP contribution is 2.25. The van der Waals surface area contributed by atoms with E-state index in [1.165, 1.54) is 0 Å². The fraction of sp³-hybridized carbons (Fsp3) is 0.231. The number of benzene rings is 1. The molecule has 1 aromatic rings. The third-order valence-corrected chi connectivity index (χ3v) is 2.45. The van der Waals surface area contributed by atoms with E-state index in [-0.39, 0.29) is 0 Å². The molecule has 0 radical (unpaired) electrons. The van der Waals surface area contributed by atoms with Crippen LogP contribution in [-0.4, -0.2) is 5.11 Å². The molecule has 0 spiro atoms. The molecule has 0 aromatic heterocycles. The molecule has 0 saturated heterocycles. The monoisotopic (exact) mass is 186 g/mol. The van der Waals surface area contributed by atoms with Gasteiger partial charge in [-0.15, -0.1) is 0 Å². The van der Waals surface area contributed by atoms with Gasteiger partial charge in [0.25, 0.3) is 0 Å². The molecule has 0 amide bonds. The standard InChI is InChI=1S/C13H14O/c14-13(11-7-3-1-4-8-11)12-9-5-2-6-10-12/h1,3-5,7-10,13-14H,2,6H2. The summed E-state index contributed by atoms with van der Waals surface area (Å²) < 4.78 is 0. The molecule has 1 aliphatic carbocycles. The zero-order chi connectivity index (χ0) is 9.80. The number of hydrogen-bond donors (Lipinski definition) is 1. The van der Waals surface area contributed by atoms with Crippen LogP contribution in [0.25, 0.3) is 0 Å². The van der Waals surface area contributed by atoms with Crippen LogP contribution in [0, 0.1) is 0 Å². The SMILES string of the molecule is OC(C1=CCCC=C1)c1ccccc1. The molecule has 1 atom stereocenters. The highest BCUT2D eigenvalue weighted by Gasteiger charge is 2.11. The van der Waals surface area contributed by atoms with Crippen LogP contribution in [0.15, 0.2) is 54.1 Å². The van der Waals surface area contributed by atoms with Gasteiger partial charge in [-0.3, -0.25) is 0 Å². The number of aliphatic hydroxyl groups excluding tert-OH is 1. The molecule has 0 fully saturated rings. The largest absolute Gasteiger partial charge is 0.384 e. The van der Waals surface area contributed by atoms with Gasteiger partial charge in [-0.1, -0.05) is 48.6 Å². The van der Waals surface area contributed by atoms with Crippen molar-refractivity contribution in [2.24, 2.45) is 0 Å². The Morgan fingerprint density at radius 2 is 1.86 bits per heavy atom. The molecule has 0 saturated carbocycles. The lowest BCUT2D eigenvalue weighted by molar-refractivity contribution is 0.219. The quantitative estimate of drug-likeness (QED) is 0.752.